The maximum absolute atomic E-state index is 6.01. The molecule has 1 aliphatic rings. The highest BCUT2D eigenvalue weighted by molar-refractivity contribution is 5.41. The van der Waals surface area contributed by atoms with Gasteiger partial charge in [-0.25, -0.2) is 4.98 Å². The smallest absolute Gasteiger partial charge is 0.124 e. The van der Waals surface area contributed by atoms with Crippen molar-refractivity contribution in [2.24, 2.45) is 5.92 Å². The van der Waals surface area contributed by atoms with Crippen LogP contribution in [0.15, 0.2) is 30.6 Å². The minimum Gasteiger partial charge on any atom is -0.493 e. The van der Waals surface area contributed by atoms with Crippen LogP contribution in [-0.2, 0) is 6.42 Å². The SMILES string of the molecule is CC(C)CCOc1ccccc1C1NCCc2[nH]cnc21. The molecule has 1 atom stereocenters. The van der Waals surface area contributed by atoms with E-state index in [9.17, 15) is 0 Å². The lowest BCUT2D eigenvalue weighted by atomic mass is 9.97. The molecule has 4 nitrogen and oxygen atoms in total. The molecule has 1 aromatic carbocycles. The van der Waals surface area contributed by atoms with Crippen LogP contribution in [0, 0.1) is 5.92 Å². The summed E-state index contributed by atoms with van der Waals surface area (Å²) in [5.41, 5.74) is 3.51. The lowest BCUT2D eigenvalue weighted by Crippen LogP contribution is -2.31. The third-order valence-electron chi connectivity index (χ3n) is 3.93. The van der Waals surface area contributed by atoms with Crippen molar-refractivity contribution in [1.29, 1.82) is 0 Å². The fourth-order valence-corrected chi connectivity index (χ4v) is 2.73. The van der Waals surface area contributed by atoms with Gasteiger partial charge in [0, 0.05) is 24.2 Å². The fourth-order valence-electron chi connectivity index (χ4n) is 2.73. The van der Waals surface area contributed by atoms with Crippen molar-refractivity contribution >= 4 is 0 Å². The summed E-state index contributed by atoms with van der Waals surface area (Å²) in [6.07, 6.45) is 3.86. The Morgan fingerprint density at radius 3 is 3.05 bits per heavy atom. The van der Waals surface area contributed by atoms with Gasteiger partial charge in [0.2, 0.25) is 0 Å². The molecule has 0 saturated heterocycles. The van der Waals surface area contributed by atoms with Gasteiger partial charge in [-0.15, -0.1) is 0 Å². The van der Waals surface area contributed by atoms with E-state index in [0.717, 1.165) is 37.4 Å². The first kappa shape index (κ1) is 14.1. The molecule has 0 radical (unpaired) electrons. The molecular weight excluding hydrogens is 262 g/mol. The zero-order chi connectivity index (χ0) is 14.7. The number of aromatic nitrogens is 2. The van der Waals surface area contributed by atoms with Gasteiger partial charge in [0.05, 0.1) is 24.7 Å². The number of fused-ring (bicyclic) bond motifs is 1. The van der Waals surface area contributed by atoms with Gasteiger partial charge in [0.15, 0.2) is 0 Å². The Morgan fingerprint density at radius 1 is 1.33 bits per heavy atom. The molecule has 0 aliphatic carbocycles. The van der Waals surface area contributed by atoms with Crippen LogP contribution < -0.4 is 10.1 Å². The lowest BCUT2D eigenvalue weighted by Gasteiger charge is -2.25. The number of benzene rings is 1. The van der Waals surface area contributed by atoms with Gasteiger partial charge in [0.25, 0.3) is 0 Å². The molecule has 0 bridgehead atoms. The zero-order valence-electron chi connectivity index (χ0n) is 12.7. The first-order chi connectivity index (χ1) is 10.3. The van der Waals surface area contributed by atoms with Crippen LogP contribution in [-0.4, -0.2) is 23.1 Å². The summed E-state index contributed by atoms with van der Waals surface area (Å²) >= 11 is 0. The van der Waals surface area contributed by atoms with Crippen molar-refractivity contribution in [2.45, 2.75) is 32.7 Å². The van der Waals surface area contributed by atoms with E-state index in [2.05, 4.69) is 47.3 Å². The molecule has 1 aliphatic heterocycles. The molecule has 0 fully saturated rings. The maximum Gasteiger partial charge on any atom is 0.124 e. The van der Waals surface area contributed by atoms with E-state index in [1.165, 1.54) is 11.3 Å². The predicted octanol–water partition coefficient (Wildman–Crippen LogP) is 3.07. The molecule has 4 heteroatoms. The second-order valence-electron chi connectivity index (χ2n) is 5.97. The van der Waals surface area contributed by atoms with Crippen molar-refractivity contribution in [1.82, 2.24) is 15.3 Å². The summed E-state index contributed by atoms with van der Waals surface area (Å²) in [5.74, 6) is 1.62. The Hall–Kier alpha value is -1.81. The molecule has 21 heavy (non-hydrogen) atoms. The van der Waals surface area contributed by atoms with Gasteiger partial charge in [-0.3, -0.25) is 0 Å². The maximum atomic E-state index is 6.01. The Morgan fingerprint density at radius 2 is 2.19 bits per heavy atom. The van der Waals surface area contributed by atoms with Gasteiger partial charge >= 0.3 is 0 Å². The first-order valence-corrected chi connectivity index (χ1v) is 7.73. The van der Waals surface area contributed by atoms with Crippen molar-refractivity contribution in [2.75, 3.05) is 13.2 Å². The predicted molar refractivity (Wildman–Crippen MR) is 83.5 cm³/mol. The number of para-hydroxylation sites is 1. The molecule has 2 aromatic rings. The number of H-pyrrole nitrogens is 1. The van der Waals surface area contributed by atoms with Gasteiger partial charge in [-0.1, -0.05) is 32.0 Å². The van der Waals surface area contributed by atoms with Crippen molar-refractivity contribution < 1.29 is 4.74 Å². The van der Waals surface area contributed by atoms with Crippen LogP contribution in [0.2, 0.25) is 0 Å². The molecule has 112 valence electrons. The second-order valence-corrected chi connectivity index (χ2v) is 5.97. The van der Waals surface area contributed by atoms with Crippen LogP contribution >= 0.6 is 0 Å². The van der Waals surface area contributed by atoms with Crippen LogP contribution in [0.25, 0.3) is 0 Å². The Kier molecular flexibility index (Phi) is 4.25. The lowest BCUT2D eigenvalue weighted by molar-refractivity contribution is 0.284. The Labute approximate surface area is 125 Å². The number of hydrogen-bond donors (Lipinski definition) is 2. The van der Waals surface area contributed by atoms with E-state index in [4.69, 9.17) is 4.74 Å². The van der Waals surface area contributed by atoms with E-state index in [1.54, 1.807) is 6.33 Å². The average Bonchev–Trinajstić information content (AvgIpc) is 2.96. The number of rotatable bonds is 5. The van der Waals surface area contributed by atoms with E-state index < -0.39 is 0 Å². The average molecular weight is 285 g/mol. The van der Waals surface area contributed by atoms with E-state index in [-0.39, 0.29) is 6.04 Å². The number of aromatic amines is 1. The summed E-state index contributed by atoms with van der Waals surface area (Å²) in [6, 6.07) is 8.40. The fraction of sp³-hybridized carbons (Fsp3) is 0.471. The van der Waals surface area contributed by atoms with E-state index >= 15 is 0 Å². The Balaban J connectivity index is 1.83. The quantitative estimate of drug-likeness (QED) is 0.887. The normalized spacial score (nSPS) is 17.8. The van der Waals surface area contributed by atoms with Crippen LogP contribution in [0.5, 0.6) is 5.75 Å². The highest BCUT2D eigenvalue weighted by Crippen LogP contribution is 2.32. The Bertz CT molecular complexity index is 591. The minimum absolute atomic E-state index is 0.121. The molecule has 1 aromatic heterocycles. The number of nitrogens with one attached hydrogen (secondary N) is 2. The van der Waals surface area contributed by atoms with Crippen LogP contribution in [0.1, 0.15) is 43.3 Å². The number of nitrogens with zero attached hydrogens (tertiary/aromatic N) is 1. The molecule has 2 heterocycles. The molecule has 2 N–H and O–H groups in total. The van der Waals surface area contributed by atoms with Gasteiger partial charge in [-0.2, -0.15) is 0 Å². The molecule has 0 saturated carbocycles. The first-order valence-electron chi connectivity index (χ1n) is 7.73. The molecule has 3 rings (SSSR count). The van der Waals surface area contributed by atoms with E-state index in [1.807, 2.05) is 6.07 Å². The van der Waals surface area contributed by atoms with Gasteiger partial charge in [-0.05, 0) is 18.4 Å². The molecular formula is C17H23N3O. The highest BCUT2D eigenvalue weighted by Gasteiger charge is 2.25. The third-order valence-corrected chi connectivity index (χ3v) is 3.93. The zero-order valence-corrected chi connectivity index (χ0v) is 12.7. The standard InChI is InChI=1S/C17H23N3O/c1-12(2)8-10-21-15-6-4-3-5-13(15)16-17-14(7-9-18-16)19-11-20-17/h3-6,11-12,16,18H,7-10H2,1-2H3,(H,19,20). The summed E-state index contributed by atoms with van der Waals surface area (Å²) in [5, 5.41) is 3.55. The molecule has 1 unspecified atom stereocenters. The number of hydrogen-bond acceptors (Lipinski definition) is 3. The summed E-state index contributed by atoms with van der Waals surface area (Å²) in [4.78, 5) is 7.73. The van der Waals surface area contributed by atoms with Crippen LogP contribution in [0.3, 0.4) is 0 Å². The largest absolute Gasteiger partial charge is 0.493 e. The summed E-state index contributed by atoms with van der Waals surface area (Å²) in [7, 11) is 0. The topological polar surface area (TPSA) is 49.9 Å². The van der Waals surface area contributed by atoms with Gasteiger partial charge in [0.1, 0.15) is 5.75 Å². The van der Waals surface area contributed by atoms with E-state index in [0.29, 0.717) is 5.92 Å². The highest BCUT2D eigenvalue weighted by atomic mass is 16.5. The number of ether oxygens (including phenoxy) is 1. The molecule has 0 spiro atoms. The monoisotopic (exact) mass is 285 g/mol. The summed E-state index contributed by atoms with van der Waals surface area (Å²) in [6.45, 7) is 6.15. The third kappa shape index (κ3) is 3.10. The second kappa shape index (κ2) is 6.31. The van der Waals surface area contributed by atoms with Crippen molar-refractivity contribution in [3.8, 4) is 5.75 Å². The van der Waals surface area contributed by atoms with Crippen molar-refractivity contribution in [3.63, 3.8) is 0 Å². The van der Waals surface area contributed by atoms with Crippen LogP contribution in [0.4, 0.5) is 0 Å². The number of imidazole rings is 1. The van der Waals surface area contributed by atoms with Crippen molar-refractivity contribution in [3.05, 3.63) is 47.5 Å². The molecule has 0 amide bonds. The van der Waals surface area contributed by atoms with Gasteiger partial charge < -0.3 is 15.0 Å². The summed E-state index contributed by atoms with van der Waals surface area (Å²) < 4.78 is 6.01. The minimum atomic E-state index is 0.121.